The average Bonchev–Trinajstić information content (AvgIpc) is 2.15. The number of carbonyl (C=O) groups excluding carboxylic acids is 1. The van der Waals surface area contributed by atoms with Gasteiger partial charge in [0, 0.05) is 12.4 Å². The van der Waals surface area contributed by atoms with Gasteiger partial charge in [-0.25, -0.2) is 0 Å². The lowest BCUT2D eigenvalue weighted by molar-refractivity contribution is -0.109. The minimum Gasteiger partial charge on any atom is -0.340 e. The number of carbonyl (C=O) groups is 1. The van der Waals surface area contributed by atoms with E-state index in [9.17, 15) is 4.79 Å². The van der Waals surface area contributed by atoms with Gasteiger partial charge in [0.2, 0.25) is 6.41 Å². The summed E-state index contributed by atoms with van der Waals surface area (Å²) in [6.45, 7) is 0. The van der Waals surface area contributed by atoms with Crippen LogP contribution in [0, 0.1) is 12.3 Å². The molecule has 0 spiro atoms. The zero-order valence-electron chi connectivity index (χ0n) is 6.27. The van der Waals surface area contributed by atoms with E-state index in [1.807, 2.05) is 0 Å². The highest BCUT2D eigenvalue weighted by Crippen LogP contribution is 2.04. The molecule has 1 rings (SSSR count). The number of hydrogen-bond acceptors (Lipinski definition) is 3. The van der Waals surface area contributed by atoms with Crippen molar-refractivity contribution in [1.29, 1.82) is 0 Å². The molecule has 1 aromatic heterocycles. The summed E-state index contributed by atoms with van der Waals surface area (Å²) in [7, 11) is 0. The molecule has 1 amide bonds. The SMILES string of the molecule is C#C[C@H](NC=O)c1cnccn1. The summed E-state index contributed by atoms with van der Waals surface area (Å²) in [5.74, 6) is 2.37. The quantitative estimate of drug-likeness (QED) is 0.497. The van der Waals surface area contributed by atoms with Crippen LogP contribution < -0.4 is 5.32 Å². The molecular formula is C8H7N3O. The molecule has 0 radical (unpaired) electrons. The Morgan fingerprint density at radius 3 is 3.00 bits per heavy atom. The summed E-state index contributed by atoms with van der Waals surface area (Å²) in [5.41, 5.74) is 0.562. The Bertz CT molecular complexity index is 291. The van der Waals surface area contributed by atoms with Crippen molar-refractivity contribution >= 4 is 6.41 Å². The molecule has 12 heavy (non-hydrogen) atoms. The van der Waals surface area contributed by atoms with Crippen molar-refractivity contribution in [3.63, 3.8) is 0 Å². The molecule has 0 aliphatic heterocycles. The van der Waals surface area contributed by atoms with Crippen LogP contribution in [0.2, 0.25) is 0 Å². The van der Waals surface area contributed by atoms with Gasteiger partial charge in [0.1, 0.15) is 6.04 Å². The van der Waals surface area contributed by atoms with E-state index in [-0.39, 0.29) is 0 Å². The number of rotatable bonds is 3. The first-order chi connectivity index (χ1) is 5.88. The largest absolute Gasteiger partial charge is 0.340 e. The minimum absolute atomic E-state index is 0.490. The highest BCUT2D eigenvalue weighted by Gasteiger charge is 2.06. The normalized spacial score (nSPS) is 11.2. The highest BCUT2D eigenvalue weighted by molar-refractivity contribution is 5.48. The Kier molecular flexibility index (Phi) is 2.79. The molecule has 60 valence electrons. The highest BCUT2D eigenvalue weighted by atomic mass is 16.1. The molecule has 1 heterocycles. The van der Waals surface area contributed by atoms with Crippen molar-refractivity contribution < 1.29 is 4.79 Å². The molecule has 0 unspecified atom stereocenters. The zero-order chi connectivity index (χ0) is 8.81. The van der Waals surface area contributed by atoms with E-state index in [0.717, 1.165) is 0 Å². The van der Waals surface area contributed by atoms with Gasteiger partial charge >= 0.3 is 0 Å². The third-order valence-corrected chi connectivity index (χ3v) is 1.28. The van der Waals surface area contributed by atoms with Gasteiger partial charge in [-0.05, 0) is 0 Å². The molecule has 1 atom stereocenters. The van der Waals surface area contributed by atoms with E-state index in [0.29, 0.717) is 12.1 Å². The van der Waals surface area contributed by atoms with Crippen molar-refractivity contribution in [3.8, 4) is 12.3 Å². The zero-order valence-corrected chi connectivity index (χ0v) is 6.27. The first-order valence-electron chi connectivity index (χ1n) is 3.30. The average molecular weight is 161 g/mol. The van der Waals surface area contributed by atoms with Crippen LogP contribution in [0.25, 0.3) is 0 Å². The molecule has 0 aliphatic carbocycles. The Morgan fingerprint density at radius 1 is 1.67 bits per heavy atom. The van der Waals surface area contributed by atoms with Crippen molar-refractivity contribution in [2.75, 3.05) is 0 Å². The monoisotopic (exact) mass is 161 g/mol. The molecular weight excluding hydrogens is 154 g/mol. The Hall–Kier alpha value is -1.89. The first kappa shape index (κ1) is 8.21. The molecule has 0 aromatic carbocycles. The lowest BCUT2D eigenvalue weighted by Crippen LogP contribution is -2.18. The predicted molar refractivity (Wildman–Crippen MR) is 42.8 cm³/mol. The third-order valence-electron chi connectivity index (χ3n) is 1.28. The fourth-order valence-electron chi connectivity index (χ4n) is 0.747. The fraction of sp³-hybridized carbons (Fsp3) is 0.125. The molecule has 1 N–H and O–H groups in total. The summed E-state index contributed by atoms with van der Waals surface area (Å²) in [4.78, 5) is 17.9. The van der Waals surface area contributed by atoms with E-state index in [2.05, 4.69) is 21.2 Å². The van der Waals surface area contributed by atoms with Crippen LogP contribution in [0.5, 0.6) is 0 Å². The Balaban J connectivity index is 2.82. The van der Waals surface area contributed by atoms with E-state index < -0.39 is 6.04 Å². The van der Waals surface area contributed by atoms with Crippen LogP contribution >= 0.6 is 0 Å². The van der Waals surface area contributed by atoms with E-state index in [1.54, 1.807) is 0 Å². The minimum atomic E-state index is -0.490. The van der Waals surface area contributed by atoms with Gasteiger partial charge in [-0.15, -0.1) is 6.42 Å². The molecule has 0 bridgehead atoms. The second-order valence-corrected chi connectivity index (χ2v) is 2.01. The topological polar surface area (TPSA) is 54.9 Å². The molecule has 0 saturated carbocycles. The lowest BCUT2D eigenvalue weighted by atomic mass is 10.2. The lowest BCUT2D eigenvalue weighted by Gasteiger charge is -2.06. The summed E-state index contributed by atoms with van der Waals surface area (Å²) >= 11 is 0. The smallest absolute Gasteiger partial charge is 0.208 e. The van der Waals surface area contributed by atoms with Gasteiger partial charge in [0.05, 0.1) is 11.9 Å². The molecule has 4 nitrogen and oxygen atoms in total. The maximum atomic E-state index is 10.1. The van der Waals surface area contributed by atoms with E-state index in [1.165, 1.54) is 18.6 Å². The van der Waals surface area contributed by atoms with Crippen molar-refractivity contribution in [3.05, 3.63) is 24.3 Å². The maximum Gasteiger partial charge on any atom is 0.208 e. The van der Waals surface area contributed by atoms with Gasteiger partial charge < -0.3 is 5.32 Å². The van der Waals surface area contributed by atoms with Crippen LogP contribution in [0.3, 0.4) is 0 Å². The predicted octanol–water partition coefficient (Wildman–Crippen LogP) is -0.103. The number of hydrogen-bond donors (Lipinski definition) is 1. The van der Waals surface area contributed by atoms with E-state index in [4.69, 9.17) is 6.42 Å². The number of amides is 1. The third kappa shape index (κ3) is 1.80. The fourth-order valence-corrected chi connectivity index (χ4v) is 0.747. The molecule has 1 aromatic rings. The number of aromatic nitrogens is 2. The van der Waals surface area contributed by atoms with Gasteiger partial charge in [0.15, 0.2) is 0 Å². The van der Waals surface area contributed by atoms with Gasteiger partial charge in [-0.3, -0.25) is 14.8 Å². The van der Waals surface area contributed by atoms with Crippen LogP contribution in [0.4, 0.5) is 0 Å². The molecule has 0 saturated heterocycles. The summed E-state index contributed by atoms with van der Waals surface area (Å²) in [6, 6.07) is -0.490. The van der Waals surface area contributed by atoms with Gasteiger partial charge in [-0.1, -0.05) is 5.92 Å². The maximum absolute atomic E-state index is 10.1. The summed E-state index contributed by atoms with van der Waals surface area (Å²) < 4.78 is 0. The Labute approximate surface area is 70.0 Å². The van der Waals surface area contributed by atoms with Gasteiger partial charge in [0.25, 0.3) is 0 Å². The van der Waals surface area contributed by atoms with Crippen LogP contribution in [-0.4, -0.2) is 16.4 Å². The van der Waals surface area contributed by atoms with Crippen LogP contribution in [0.1, 0.15) is 11.7 Å². The summed E-state index contributed by atoms with van der Waals surface area (Å²) in [6.07, 6.45) is 10.3. The van der Waals surface area contributed by atoms with Crippen molar-refractivity contribution in [1.82, 2.24) is 15.3 Å². The van der Waals surface area contributed by atoms with Crippen molar-refractivity contribution in [2.45, 2.75) is 6.04 Å². The Morgan fingerprint density at radius 2 is 2.50 bits per heavy atom. The number of nitrogens with zero attached hydrogens (tertiary/aromatic N) is 2. The molecule has 4 heteroatoms. The second kappa shape index (κ2) is 4.09. The van der Waals surface area contributed by atoms with Gasteiger partial charge in [-0.2, -0.15) is 0 Å². The second-order valence-electron chi connectivity index (χ2n) is 2.01. The van der Waals surface area contributed by atoms with Crippen LogP contribution in [-0.2, 0) is 4.79 Å². The molecule has 0 aliphatic rings. The molecule has 0 fully saturated rings. The number of terminal acetylenes is 1. The van der Waals surface area contributed by atoms with Crippen LogP contribution in [0.15, 0.2) is 18.6 Å². The number of nitrogens with one attached hydrogen (secondary N) is 1. The standard InChI is InChI=1S/C8H7N3O/c1-2-7(11-6-12)8-5-9-3-4-10-8/h1,3-7H,(H,11,12)/t7-/m0/s1. The summed E-state index contributed by atoms with van der Waals surface area (Å²) in [5, 5.41) is 2.43. The van der Waals surface area contributed by atoms with E-state index >= 15 is 0 Å². The first-order valence-corrected chi connectivity index (χ1v) is 3.30. The van der Waals surface area contributed by atoms with Crippen molar-refractivity contribution in [2.24, 2.45) is 0 Å².